The fourth-order valence-electron chi connectivity index (χ4n) is 3.63. The second-order valence-electron chi connectivity index (χ2n) is 8.50. The third-order valence-electron chi connectivity index (χ3n) is 5.58. The minimum atomic E-state index is -0.596. The molecule has 0 saturated heterocycles. The van der Waals surface area contributed by atoms with E-state index in [0.29, 0.717) is 54.5 Å². The first kappa shape index (κ1) is 30.5. The lowest BCUT2D eigenvalue weighted by Gasteiger charge is -2.15. The highest BCUT2D eigenvalue weighted by molar-refractivity contribution is 9.10. The Hall–Kier alpha value is -3.49. The molecule has 4 aromatic rings. The van der Waals surface area contributed by atoms with Crippen LogP contribution >= 0.6 is 50.7 Å². The van der Waals surface area contributed by atoms with Crippen molar-refractivity contribution in [3.8, 4) is 17.2 Å². The maximum absolute atomic E-state index is 12.6. The quantitative estimate of drug-likeness (QED) is 0.103. The van der Waals surface area contributed by atoms with Crippen molar-refractivity contribution in [1.82, 2.24) is 0 Å². The standard InChI is InChI=1S/C31H23BrCl3NO5/c1-2-39-28-16-19(15-24(32)30(28)40-18-21-5-3-4-6-25(21)34)7-14-29(37)41-23-11-8-20(9-12-23)31(38)36-27-17-22(33)10-13-26(27)35/h3-17H,2,18H2,1H3,(H,36,38)/b14-7+. The van der Waals surface area contributed by atoms with Crippen LogP contribution in [0.15, 0.2) is 89.4 Å². The number of hydrogen-bond acceptors (Lipinski definition) is 5. The van der Waals surface area contributed by atoms with E-state index in [9.17, 15) is 9.59 Å². The molecule has 0 atom stereocenters. The Morgan fingerprint density at radius 2 is 1.66 bits per heavy atom. The zero-order valence-electron chi connectivity index (χ0n) is 21.6. The number of carbonyl (C=O) groups is 2. The van der Waals surface area contributed by atoms with Gasteiger partial charge in [-0.2, -0.15) is 0 Å². The van der Waals surface area contributed by atoms with Gasteiger partial charge in [-0.15, -0.1) is 0 Å². The summed E-state index contributed by atoms with van der Waals surface area (Å²) in [5, 5.41) is 4.12. The first-order chi connectivity index (χ1) is 19.7. The second-order valence-corrected chi connectivity index (χ2v) is 10.6. The molecule has 0 unspecified atom stereocenters. The summed E-state index contributed by atoms with van der Waals surface area (Å²) >= 11 is 21.9. The Labute approximate surface area is 260 Å². The molecular formula is C31H23BrCl3NO5. The van der Waals surface area contributed by atoms with Gasteiger partial charge >= 0.3 is 5.97 Å². The largest absolute Gasteiger partial charge is 0.490 e. The van der Waals surface area contributed by atoms with E-state index in [1.165, 1.54) is 30.3 Å². The molecule has 0 radical (unpaired) electrons. The number of ether oxygens (including phenoxy) is 3. The second kappa shape index (κ2) is 14.4. The number of halogens is 4. The van der Waals surface area contributed by atoms with Crippen LogP contribution < -0.4 is 19.5 Å². The molecule has 41 heavy (non-hydrogen) atoms. The van der Waals surface area contributed by atoms with Crippen molar-refractivity contribution in [3.05, 3.63) is 121 Å². The summed E-state index contributed by atoms with van der Waals surface area (Å²) in [6, 6.07) is 21.9. The van der Waals surface area contributed by atoms with Crippen molar-refractivity contribution in [3.63, 3.8) is 0 Å². The molecule has 210 valence electrons. The van der Waals surface area contributed by atoms with E-state index >= 15 is 0 Å². The number of esters is 1. The molecular weight excluding hydrogens is 653 g/mol. The lowest BCUT2D eigenvalue weighted by molar-refractivity contribution is -0.128. The van der Waals surface area contributed by atoms with Crippen LogP contribution in [-0.2, 0) is 11.4 Å². The molecule has 0 saturated carbocycles. The number of anilines is 1. The van der Waals surface area contributed by atoms with E-state index < -0.39 is 5.97 Å². The summed E-state index contributed by atoms with van der Waals surface area (Å²) in [5.74, 6) is 0.322. The first-order valence-corrected chi connectivity index (χ1v) is 14.2. The molecule has 10 heteroatoms. The van der Waals surface area contributed by atoms with Crippen LogP contribution in [0.3, 0.4) is 0 Å². The molecule has 0 aromatic heterocycles. The predicted octanol–water partition coefficient (Wildman–Crippen LogP) is 9.26. The number of amides is 1. The predicted molar refractivity (Wildman–Crippen MR) is 167 cm³/mol. The van der Waals surface area contributed by atoms with Crippen molar-refractivity contribution in [2.24, 2.45) is 0 Å². The van der Waals surface area contributed by atoms with Crippen molar-refractivity contribution in [2.75, 3.05) is 11.9 Å². The Bertz CT molecular complexity index is 1590. The highest BCUT2D eigenvalue weighted by Crippen LogP contribution is 2.38. The summed E-state index contributed by atoms with van der Waals surface area (Å²) in [4.78, 5) is 25.0. The Morgan fingerprint density at radius 3 is 2.39 bits per heavy atom. The van der Waals surface area contributed by atoms with Gasteiger partial charge in [0.05, 0.1) is 21.8 Å². The van der Waals surface area contributed by atoms with Crippen LogP contribution in [0, 0.1) is 0 Å². The molecule has 0 fully saturated rings. The zero-order valence-corrected chi connectivity index (χ0v) is 25.5. The molecule has 0 aliphatic carbocycles. The van der Waals surface area contributed by atoms with E-state index in [2.05, 4.69) is 21.2 Å². The Kier molecular flexibility index (Phi) is 10.7. The third-order valence-corrected chi connectivity index (χ3v) is 7.11. The van der Waals surface area contributed by atoms with Crippen LogP contribution in [0.2, 0.25) is 15.1 Å². The highest BCUT2D eigenvalue weighted by Gasteiger charge is 2.14. The van der Waals surface area contributed by atoms with Gasteiger partial charge in [-0.05, 0) is 95.2 Å². The monoisotopic (exact) mass is 673 g/mol. The van der Waals surface area contributed by atoms with E-state index in [1.807, 2.05) is 25.1 Å². The number of benzene rings is 4. The highest BCUT2D eigenvalue weighted by atomic mass is 79.9. The molecule has 0 bridgehead atoms. The van der Waals surface area contributed by atoms with Crippen molar-refractivity contribution < 1.29 is 23.8 Å². The maximum Gasteiger partial charge on any atom is 0.336 e. The summed E-state index contributed by atoms with van der Waals surface area (Å²) in [7, 11) is 0. The van der Waals surface area contributed by atoms with Crippen LogP contribution in [0.5, 0.6) is 17.2 Å². The SMILES string of the molecule is CCOc1cc(/C=C/C(=O)Oc2ccc(C(=O)Nc3cc(Cl)ccc3Cl)cc2)cc(Br)c1OCc1ccccc1Cl. The topological polar surface area (TPSA) is 73.9 Å². The van der Waals surface area contributed by atoms with Crippen molar-refractivity contribution in [1.29, 1.82) is 0 Å². The fraction of sp³-hybridized carbons (Fsp3) is 0.0968. The molecule has 1 amide bonds. The molecule has 0 heterocycles. The lowest BCUT2D eigenvalue weighted by atomic mass is 10.2. The summed E-state index contributed by atoms with van der Waals surface area (Å²) in [6.07, 6.45) is 2.90. The molecule has 4 aromatic carbocycles. The van der Waals surface area contributed by atoms with Crippen LogP contribution in [0.1, 0.15) is 28.4 Å². The first-order valence-electron chi connectivity index (χ1n) is 12.3. The van der Waals surface area contributed by atoms with E-state index in [-0.39, 0.29) is 18.3 Å². The smallest absolute Gasteiger partial charge is 0.336 e. The van der Waals surface area contributed by atoms with Gasteiger partial charge in [0.15, 0.2) is 11.5 Å². The lowest BCUT2D eigenvalue weighted by Crippen LogP contribution is -2.12. The zero-order chi connectivity index (χ0) is 29.4. The summed E-state index contributed by atoms with van der Waals surface area (Å²) in [5.41, 5.74) is 2.27. The van der Waals surface area contributed by atoms with Crippen molar-refractivity contribution in [2.45, 2.75) is 13.5 Å². The molecule has 6 nitrogen and oxygen atoms in total. The minimum Gasteiger partial charge on any atom is -0.490 e. The molecule has 0 aliphatic heterocycles. The van der Waals surface area contributed by atoms with E-state index in [0.717, 1.165) is 5.56 Å². The Morgan fingerprint density at radius 1 is 0.902 bits per heavy atom. The Balaban J connectivity index is 1.39. The van der Waals surface area contributed by atoms with Gasteiger partial charge in [0.25, 0.3) is 5.91 Å². The van der Waals surface area contributed by atoms with Gasteiger partial charge < -0.3 is 19.5 Å². The molecule has 0 aliphatic rings. The third kappa shape index (κ3) is 8.50. The summed E-state index contributed by atoms with van der Waals surface area (Å²) in [6.45, 7) is 2.55. The van der Waals surface area contributed by atoms with Crippen LogP contribution in [0.4, 0.5) is 5.69 Å². The average Bonchev–Trinajstić information content (AvgIpc) is 2.95. The molecule has 1 N–H and O–H groups in total. The fourth-order valence-corrected chi connectivity index (χ4v) is 4.73. The molecule has 0 spiro atoms. The van der Waals surface area contributed by atoms with Gasteiger partial charge in [0.1, 0.15) is 12.4 Å². The average molecular weight is 676 g/mol. The normalized spacial score (nSPS) is 10.9. The van der Waals surface area contributed by atoms with Crippen molar-refractivity contribution >= 4 is 74.4 Å². The van der Waals surface area contributed by atoms with Gasteiger partial charge in [-0.1, -0.05) is 53.0 Å². The van der Waals surface area contributed by atoms with Gasteiger partial charge in [-0.3, -0.25) is 4.79 Å². The van der Waals surface area contributed by atoms with Gasteiger partial charge in [0, 0.05) is 27.2 Å². The molecule has 4 rings (SSSR count). The van der Waals surface area contributed by atoms with E-state index in [4.69, 9.17) is 49.0 Å². The summed E-state index contributed by atoms with van der Waals surface area (Å²) < 4.78 is 17.8. The van der Waals surface area contributed by atoms with Crippen LogP contribution in [0.25, 0.3) is 6.08 Å². The van der Waals surface area contributed by atoms with E-state index in [1.54, 1.807) is 42.5 Å². The maximum atomic E-state index is 12.6. The number of hydrogen-bond donors (Lipinski definition) is 1. The number of carbonyl (C=O) groups excluding carboxylic acids is 2. The number of nitrogens with one attached hydrogen (secondary N) is 1. The van der Waals surface area contributed by atoms with Gasteiger partial charge in [0.2, 0.25) is 0 Å². The minimum absolute atomic E-state index is 0.259. The van der Waals surface area contributed by atoms with Crippen LogP contribution in [-0.4, -0.2) is 18.5 Å². The number of rotatable bonds is 10. The van der Waals surface area contributed by atoms with Gasteiger partial charge in [-0.25, -0.2) is 4.79 Å².